The zero-order chi connectivity index (χ0) is 19.7. The van der Waals surface area contributed by atoms with E-state index in [0.717, 1.165) is 5.56 Å². The van der Waals surface area contributed by atoms with Crippen molar-refractivity contribution in [3.63, 3.8) is 0 Å². The number of nitrogens with one attached hydrogen (secondary N) is 1. The third-order valence-corrected chi connectivity index (χ3v) is 5.80. The van der Waals surface area contributed by atoms with Crippen molar-refractivity contribution in [3.05, 3.63) is 17.8 Å². The highest BCUT2D eigenvalue weighted by atomic mass is 32.2. The highest BCUT2D eigenvalue weighted by Crippen LogP contribution is 2.25. The summed E-state index contributed by atoms with van der Waals surface area (Å²) in [5.41, 5.74) is 1.64. The molecule has 9 nitrogen and oxygen atoms in total. The highest BCUT2D eigenvalue weighted by Gasteiger charge is 2.30. The Morgan fingerprint density at radius 2 is 2.26 bits per heavy atom. The minimum absolute atomic E-state index is 0.0799. The zero-order valence-electron chi connectivity index (χ0n) is 15.6. The van der Waals surface area contributed by atoms with Crippen molar-refractivity contribution in [3.8, 4) is 0 Å². The third-order valence-electron chi connectivity index (χ3n) is 4.92. The fourth-order valence-corrected chi connectivity index (χ4v) is 3.94. The second-order valence-electron chi connectivity index (χ2n) is 7.15. The summed E-state index contributed by atoms with van der Waals surface area (Å²) in [5.74, 6) is 0.720. The molecule has 3 atom stereocenters. The van der Waals surface area contributed by atoms with Gasteiger partial charge in [0.1, 0.15) is 12.1 Å². The zero-order valence-corrected chi connectivity index (χ0v) is 16.4. The Balaban J connectivity index is 1.79. The molecular formula is C17H25N5O4S. The van der Waals surface area contributed by atoms with Crippen LogP contribution in [0.15, 0.2) is 17.3 Å². The summed E-state index contributed by atoms with van der Waals surface area (Å²) in [6.45, 7) is 5.06. The van der Waals surface area contributed by atoms with Gasteiger partial charge in [-0.3, -0.25) is 0 Å². The molecule has 1 aliphatic heterocycles. The van der Waals surface area contributed by atoms with Gasteiger partial charge in [0.25, 0.3) is 5.03 Å². The second kappa shape index (κ2) is 7.91. The lowest BCUT2D eigenvalue weighted by Gasteiger charge is -2.34. The topological polar surface area (TPSA) is 126 Å². The van der Waals surface area contributed by atoms with Crippen molar-refractivity contribution in [1.29, 1.82) is 0 Å². The first-order valence-corrected chi connectivity index (χ1v) is 10.5. The summed E-state index contributed by atoms with van der Waals surface area (Å²) in [6, 6.07) is 1.71. The SMILES string of the molecule is CC(C)c1cnn2c([S+](C)[O-])cc(NC[C@H]3CCN(C(=O)O)C[C@@H]3O)nc12. The Labute approximate surface area is 160 Å². The number of anilines is 1. The number of fused-ring (bicyclic) bond motifs is 1. The second-order valence-corrected chi connectivity index (χ2v) is 8.48. The Kier molecular flexibility index (Phi) is 5.78. The summed E-state index contributed by atoms with van der Waals surface area (Å²) in [5, 5.41) is 27.4. The van der Waals surface area contributed by atoms with Gasteiger partial charge < -0.3 is 25.0 Å². The number of likely N-dealkylation sites (tertiary alicyclic amines) is 1. The van der Waals surface area contributed by atoms with Crippen molar-refractivity contribution in [2.45, 2.75) is 37.3 Å². The smallest absolute Gasteiger partial charge is 0.407 e. The standard InChI is InChI=1S/C17H25N5O4S/c1-10(2)12-8-19-22-15(27(3)26)6-14(20-16(12)22)18-7-11-4-5-21(17(24)25)9-13(11)23/h6,8,10-11,13,23H,4-5,7,9H2,1-3H3,(H,18,20)(H,24,25)/t11-,13+,27?/m1/s1. The Hall–Kier alpha value is -2.04. The number of β-amino-alcohol motifs (C(OH)–C–C–N with tert-alkyl or cyclic N) is 1. The van der Waals surface area contributed by atoms with Crippen LogP contribution in [0, 0.1) is 5.92 Å². The van der Waals surface area contributed by atoms with E-state index in [1.807, 2.05) is 13.8 Å². The fourth-order valence-electron chi connectivity index (χ4n) is 3.28. The first-order valence-electron chi connectivity index (χ1n) is 8.89. The van der Waals surface area contributed by atoms with Gasteiger partial charge in [0.05, 0.1) is 24.9 Å². The van der Waals surface area contributed by atoms with Crippen LogP contribution in [-0.4, -0.2) is 72.4 Å². The van der Waals surface area contributed by atoms with Crippen molar-refractivity contribution >= 4 is 28.7 Å². The first kappa shape index (κ1) is 19.7. The van der Waals surface area contributed by atoms with Crippen molar-refractivity contribution in [1.82, 2.24) is 19.5 Å². The number of aliphatic hydroxyl groups is 1. The average molecular weight is 395 g/mol. The lowest BCUT2D eigenvalue weighted by Crippen LogP contribution is -2.47. The van der Waals surface area contributed by atoms with E-state index in [4.69, 9.17) is 5.11 Å². The Bertz CT molecular complexity index is 825. The van der Waals surface area contributed by atoms with Crippen LogP contribution in [0.3, 0.4) is 0 Å². The molecule has 10 heteroatoms. The molecule has 0 saturated carbocycles. The van der Waals surface area contributed by atoms with Gasteiger partial charge in [0.15, 0.2) is 5.65 Å². The molecule has 0 radical (unpaired) electrons. The van der Waals surface area contributed by atoms with Gasteiger partial charge in [0, 0.05) is 35.7 Å². The van der Waals surface area contributed by atoms with Crippen LogP contribution in [0.5, 0.6) is 0 Å². The molecule has 1 amide bonds. The van der Waals surface area contributed by atoms with Crippen molar-refractivity contribution in [2.75, 3.05) is 31.2 Å². The van der Waals surface area contributed by atoms with Gasteiger partial charge in [-0.05, 0) is 12.3 Å². The molecule has 148 valence electrons. The number of rotatable bonds is 5. The largest absolute Gasteiger partial charge is 0.610 e. The predicted molar refractivity (Wildman–Crippen MR) is 102 cm³/mol. The lowest BCUT2D eigenvalue weighted by atomic mass is 9.94. The molecule has 3 heterocycles. The molecular weight excluding hydrogens is 370 g/mol. The molecule has 2 aromatic heterocycles. The molecule has 2 aromatic rings. The van der Waals surface area contributed by atoms with Gasteiger partial charge in [-0.25, -0.2) is 9.78 Å². The minimum Gasteiger partial charge on any atom is -0.610 e. The van der Waals surface area contributed by atoms with E-state index >= 15 is 0 Å². The van der Waals surface area contributed by atoms with Crippen molar-refractivity contribution < 1.29 is 19.6 Å². The maximum Gasteiger partial charge on any atom is 0.407 e. The molecule has 0 aliphatic carbocycles. The van der Waals surface area contributed by atoms with Crippen LogP contribution in [-0.2, 0) is 11.2 Å². The number of nitrogens with zero attached hydrogens (tertiary/aromatic N) is 4. The monoisotopic (exact) mass is 395 g/mol. The van der Waals surface area contributed by atoms with Gasteiger partial charge in [0.2, 0.25) is 0 Å². The van der Waals surface area contributed by atoms with Gasteiger partial charge in [-0.15, -0.1) is 0 Å². The molecule has 1 aliphatic rings. The van der Waals surface area contributed by atoms with Gasteiger partial charge >= 0.3 is 6.09 Å². The Morgan fingerprint density at radius 1 is 1.52 bits per heavy atom. The number of aromatic nitrogens is 3. The number of carboxylic acid groups (broad SMARTS) is 1. The fraction of sp³-hybridized carbons (Fsp3) is 0.588. The first-order chi connectivity index (χ1) is 12.8. The van der Waals surface area contributed by atoms with Crippen LogP contribution in [0.2, 0.25) is 0 Å². The molecule has 1 saturated heterocycles. The maximum absolute atomic E-state index is 12.1. The summed E-state index contributed by atoms with van der Waals surface area (Å²) in [4.78, 5) is 16.9. The average Bonchev–Trinajstić information content (AvgIpc) is 3.03. The van der Waals surface area contributed by atoms with Gasteiger partial charge in [-0.2, -0.15) is 9.61 Å². The molecule has 0 bridgehead atoms. The summed E-state index contributed by atoms with van der Waals surface area (Å²) >= 11 is -1.24. The molecule has 1 unspecified atom stereocenters. The third kappa shape index (κ3) is 4.12. The number of carbonyl (C=O) groups is 1. The van der Waals surface area contributed by atoms with E-state index in [-0.39, 0.29) is 18.4 Å². The Morgan fingerprint density at radius 3 is 2.85 bits per heavy atom. The number of piperidine rings is 1. The van der Waals surface area contributed by atoms with Crippen LogP contribution < -0.4 is 5.32 Å². The van der Waals surface area contributed by atoms with E-state index in [2.05, 4.69) is 15.4 Å². The number of amides is 1. The minimum atomic E-state index is -1.24. The summed E-state index contributed by atoms with van der Waals surface area (Å²) in [6.07, 6.45) is 2.18. The van der Waals surface area contributed by atoms with Crippen LogP contribution in [0.1, 0.15) is 31.7 Å². The van der Waals surface area contributed by atoms with Crippen LogP contribution in [0.4, 0.5) is 10.6 Å². The molecule has 0 aromatic carbocycles. The van der Waals surface area contributed by atoms with E-state index in [1.54, 1.807) is 23.0 Å². The summed E-state index contributed by atoms with van der Waals surface area (Å²) in [7, 11) is 0. The van der Waals surface area contributed by atoms with E-state index in [9.17, 15) is 14.5 Å². The molecule has 1 fully saturated rings. The molecule has 3 N–H and O–H groups in total. The number of hydrogen-bond donors (Lipinski definition) is 3. The van der Waals surface area contributed by atoms with Gasteiger partial charge in [-0.1, -0.05) is 13.8 Å². The number of aliphatic hydroxyl groups excluding tert-OH is 1. The predicted octanol–water partition coefficient (Wildman–Crippen LogP) is 1.36. The van der Waals surface area contributed by atoms with E-state index in [1.165, 1.54) is 4.90 Å². The van der Waals surface area contributed by atoms with Crippen LogP contribution in [0.25, 0.3) is 5.65 Å². The van der Waals surface area contributed by atoms with Crippen LogP contribution >= 0.6 is 0 Å². The quantitative estimate of drug-likeness (QED) is 0.515. The van der Waals surface area contributed by atoms with E-state index in [0.29, 0.717) is 36.0 Å². The summed E-state index contributed by atoms with van der Waals surface area (Å²) < 4.78 is 13.8. The highest BCUT2D eigenvalue weighted by molar-refractivity contribution is 7.90. The normalized spacial score (nSPS) is 21.6. The molecule has 0 spiro atoms. The molecule has 27 heavy (non-hydrogen) atoms. The van der Waals surface area contributed by atoms with Crippen molar-refractivity contribution in [2.24, 2.45) is 5.92 Å². The maximum atomic E-state index is 12.1. The molecule has 3 rings (SSSR count). The van der Waals surface area contributed by atoms with E-state index < -0.39 is 23.4 Å². The lowest BCUT2D eigenvalue weighted by molar-refractivity contribution is 0.0294. The number of hydrogen-bond acceptors (Lipinski definition) is 6.